The summed E-state index contributed by atoms with van der Waals surface area (Å²) in [6, 6.07) is 6.91. The lowest BCUT2D eigenvalue weighted by Gasteiger charge is -2.07. The van der Waals surface area contributed by atoms with Crippen molar-refractivity contribution in [3.05, 3.63) is 35.4 Å². The predicted molar refractivity (Wildman–Crippen MR) is 68.3 cm³/mol. The highest BCUT2D eigenvalue weighted by molar-refractivity contribution is 6.07. The van der Waals surface area contributed by atoms with Crippen LogP contribution in [0.2, 0.25) is 0 Å². The fourth-order valence-corrected chi connectivity index (χ4v) is 1.66. The van der Waals surface area contributed by atoms with Gasteiger partial charge in [-0.3, -0.25) is 9.59 Å². The molecule has 3 nitrogen and oxygen atoms in total. The van der Waals surface area contributed by atoms with Gasteiger partial charge < -0.3 is 5.32 Å². The third kappa shape index (κ3) is 4.02. The Morgan fingerprint density at radius 2 is 1.76 bits per heavy atom. The van der Waals surface area contributed by atoms with Crippen LogP contribution < -0.4 is 5.32 Å². The number of hydrogen-bond donors (Lipinski definition) is 1. The Hall–Kier alpha value is -1.64. The van der Waals surface area contributed by atoms with Crippen molar-refractivity contribution >= 4 is 11.7 Å². The van der Waals surface area contributed by atoms with Gasteiger partial charge in [-0.1, -0.05) is 38.0 Å². The minimum absolute atomic E-state index is 0.0793. The minimum atomic E-state index is -0.160. The largest absolute Gasteiger partial charge is 0.352 e. The zero-order valence-corrected chi connectivity index (χ0v) is 10.5. The molecule has 0 fully saturated rings. The molecule has 1 aromatic rings. The molecule has 1 aromatic carbocycles. The van der Waals surface area contributed by atoms with Gasteiger partial charge in [-0.25, -0.2) is 0 Å². The van der Waals surface area contributed by atoms with E-state index in [1.54, 1.807) is 24.3 Å². The summed E-state index contributed by atoms with van der Waals surface area (Å²) >= 11 is 0. The van der Waals surface area contributed by atoms with Crippen LogP contribution in [0, 0.1) is 0 Å². The SMILES string of the molecule is CCCCCNC(=O)c1ccccc1C(C)=O. The van der Waals surface area contributed by atoms with Crippen LogP contribution in [0.25, 0.3) is 0 Å². The maximum atomic E-state index is 11.9. The summed E-state index contributed by atoms with van der Waals surface area (Å²) < 4.78 is 0. The first-order chi connectivity index (χ1) is 8.16. The first-order valence-electron chi connectivity index (χ1n) is 6.05. The van der Waals surface area contributed by atoms with E-state index in [1.165, 1.54) is 6.92 Å². The van der Waals surface area contributed by atoms with Crippen molar-refractivity contribution in [3.8, 4) is 0 Å². The van der Waals surface area contributed by atoms with E-state index in [0.29, 0.717) is 17.7 Å². The fourth-order valence-electron chi connectivity index (χ4n) is 1.66. The number of carbonyl (C=O) groups excluding carboxylic acids is 2. The van der Waals surface area contributed by atoms with Crippen molar-refractivity contribution in [2.45, 2.75) is 33.1 Å². The van der Waals surface area contributed by atoms with Crippen molar-refractivity contribution in [1.29, 1.82) is 0 Å². The lowest BCUT2D eigenvalue weighted by molar-refractivity contribution is 0.0938. The molecule has 0 aromatic heterocycles. The van der Waals surface area contributed by atoms with Crippen LogP contribution in [0.5, 0.6) is 0 Å². The van der Waals surface area contributed by atoms with Gasteiger partial charge in [-0.15, -0.1) is 0 Å². The maximum Gasteiger partial charge on any atom is 0.252 e. The molecule has 0 aliphatic rings. The summed E-state index contributed by atoms with van der Waals surface area (Å²) in [5.74, 6) is -0.240. The Balaban J connectivity index is 2.65. The van der Waals surface area contributed by atoms with Crippen molar-refractivity contribution in [2.75, 3.05) is 6.54 Å². The summed E-state index contributed by atoms with van der Waals surface area (Å²) in [5, 5.41) is 2.84. The van der Waals surface area contributed by atoms with Crippen molar-refractivity contribution in [2.24, 2.45) is 0 Å². The summed E-state index contributed by atoms with van der Waals surface area (Å²) in [4.78, 5) is 23.2. The molecule has 0 radical (unpaired) electrons. The van der Waals surface area contributed by atoms with Gasteiger partial charge in [0.15, 0.2) is 5.78 Å². The molecule has 0 aliphatic heterocycles. The standard InChI is InChI=1S/C14H19NO2/c1-3-4-7-10-15-14(17)13-9-6-5-8-12(13)11(2)16/h5-6,8-9H,3-4,7,10H2,1-2H3,(H,15,17). The van der Waals surface area contributed by atoms with Crippen LogP contribution in [-0.2, 0) is 0 Å². The van der Waals surface area contributed by atoms with Crippen LogP contribution in [-0.4, -0.2) is 18.2 Å². The molecule has 0 bridgehead atoms. The topological polar surface area (TPSA) is 46.2 Å². The number of ketones is 1. The Morgan fingerprint density at radius 1 is 1.12 bits per heavy atom. The normalized spacial score (nSPS) is 10.0. The minimum Gasteiger partial charge on any atom is -0.352 e. The predicted octanol–water partition coefficient (Wildman–Crippen LogP) is 2.81. The lowest BCUT2D eigenvalue weighted by atomic mass is 10.0. The van der Waals surface area contributed by atoms with Gasteiger partial charge in [0.25, 0.3) is 5.91 Å². The zero-order valence-electron chi connectivity index (χ0n) is 10.5. The highest BCUT2D eigenvalue weighted by atomic mass is 16.2. The number of amides is 1. The highest BCUT2D eigenvalue weighted by Crippen LogP contribution is 2.09. The number of Topliss-reactive ketones (excluding diaryl/α,β-unsaturated/α-hetero) is 1. The van der Waals surface area contributed by atoms with Crippen LogP contribution in [0.3, 0.4) is 0 Å². The van der Waals surface area contributed by atoms with Crippen molar-refractivity contribution < 1.29 is 9.59 Å². The highest BCUT2D eigenvalue weighted by Gasteiger charge is 2.12. The first-order valence-corrected chi connectivity index (χ1v) is 6.05. The molecule has 1 N–H and O–H groups in total. The van der Waals surface area contributed by atoms with Crippen LogP contribution >= 0.6 is 0 Å². The molecular weight excluding hydrogens is 214 g/mol. The Bertz CT molecular complexity index is 399. The molecule has 0 heterocycles. The molecule has 0 saturated heterocycles. The van der Waals surface area contributed by atoms with E-state index >= 15 is 0 Å². The number of nitrogens with one attached hydrogen (secondary N) is 1. The van der Waals surface area contributed by atoms with E-state index in [4.69, 9.17) is 0 Å². The van der Waals surface area contributed by atoms with Crippen molar-refractivity contribution in [3.63, 3.8) is 0 Å². The molecular formula is C14H19NO2. The van der Waals surface area contributed by atoms with Crippen molar-refractivity contribution in [1.82, 2.24) is 5.32 Å². The lowest BCUT2D eigenvalue weighted by Crippen LogP contribution is -2.26. The Kier molecular flexibility index (Phi) is 5.40. The molecule has 1 amide bonds. The van der Waals surface area contributed by atoms with Crippen LogP contribution in [0.15, 0.2) is 24.3 Å². The second kappa shape index (κ2) is 6.84. The first kappa shape index (κ1) is 13.4. The molecule has 0 saturated carbocycles. The van der Waals surface area contributed by atoms with E-state index in [0.717, 1.165) is 19.3 Å². The number of unbranched alkanes of at least 4 members (excludes halogenated alkanes) is 2. The van der Waals surface area contributed by atoms with Crippen LogP contribution in [0.1, 0.15) is 53.8 Å². The third-order valence-corrected chi connectivity index (χ3v) is 2.62. The number of carbonyl (C=O) groups is 2. The van der Waals surface area contributed by atoms with E-state index in [9.17, 15) is 9.59 Å². The van der Waals surface area contributed by atoms with E-state index < -0.39 is 0 Å². The Morgan fingerprint density at radius 3 is 2.35 bits per heavy atom. The fraction of sp³-hybridized carbons (Fsp3) is 0.429. The average molecular weight is 233 g/mol. The van der Waals surface area contributed by atoms with Gasteiger partial charge >= 0.3 is 0 Å². The molecule has 1 rings (SSSR count). The molecule has 0 spiro atoms. The number of hydrogen-bond acceptors (Lipinski definition) is 2. The Labute approximate surface area is 102 Å². The number of rotatable bonds is 6. The molecule has 92 valence electrons. The van der Waals surface area contributed by atoms with Gasteiger partial charge in [0.1, 0.15) is 0 Å². The van der Waals surface area contributed by atoms with Gasteiger partial charge in [-0.05, 0) is 19.4 Å². The summed E-state index contributed by atoms with van der Waals surface area (Å²) in [7, 11) is 0. The molecule has 0 atom stereocenters. The number of benzene rings is 1. The molecule has 0 aliphatic carbocycles. The molecule has 0 unspecified atom stereocenters. The van der Waals surface area contributed by atoms with Gasteiger partial charge in [0, 0.05) is 12.1 Å². The zero-order chi connectivity index (χ0) is 12.7. The average Bonchev–Trinajstić information content (AvgIpc) is 2.34. The van der Waals surface area contributed by atoms with Crippen LogP contribution in [0.4, 0.5) is 0 Å². The van der Waals surface area contributed by atoms with Gasteiger partial charge in [0.2, 0.25) is 0 Å². The quantitative estimate of drug-likeness (QED) is 0.606. The summed E-state index contributed by atoms with van der Waals surface area (Å²) in [6.07, 6.45) is 3.21. The second-order valence-electron chi connectivity index (χ2n) is 4.06. The maximum absolute atomic E-state index is 11.9. The monoisotopic (exact) mass is 233 g/mol. The van der Waals surface area contributed by atoms with E-state index in [1.807, 2.05) is 0 Å². The molecule has 3 heteroatoms. The second-order valence-corrected chi connectivity index (χ2v) is 4.06. The smallest absolute Gasteiger partial charge is 0.252 e. The third-order valence-electron chi connectivity index (χ3n) is 2.62. The summed E-state index contributed by atoms with van der Waals surface area (Å²) in [5.41, 5.74) is 0.956. The molecule has 17 heavy (non-hydrogen) atoms. The van der Waals surface area contributed by atoms with E-state index in [2.05, 4.69) is 12.2 Å². The summed E-state index contributed by atoms with van der Waals surface area (Å²) in [6.45, 7) is 4.26. The van der Waals surface area contributed by atoms with Gasteiger partial charge in [-0.2, -0.15) is 0 Å². The van der Waals surface area contributed by atoms with E-state index in [-0.39, 0.29) is 11.7 Å². The van der Waals surface area contributed by atoms with Gasteiger partial charge in [0.05, 0.1) is 5.56 Å².